The van der Waals surface area contributed by atoms with Crippen molar-refractivity contribution in [2.75, 3.05) is 0 Å². The number of benzene rings is 1. The average Bonchev–Trinajstić information content (AvgIpc) is 2.43. The molecule has 0 aliphatic carbocycles. The van der Waals surface area contributed by atoms with Gasteiger partial charge in [0.1, 0.15) is 0 Å². The maximum atomic E-state index is 12.0. The Morgan fingerprint density at radius 3 is 2.67 bits per heavy atom. The lowest BCUT2D eigenvalue weighted by Gasteiger charge is -2.16. The van der Waals surface area contributed by atoms with Gasteiger partial charge in [0.25, 0.3) is 5.56 Å². The monoisotopic (exact) mass is 287 g/mol. The van der Waals surface area contributed by atoms with Crippen molar-refractivity contribution in [2.45, 2.75) is 39.4 Å². The Morgan fingerprint density at radius 2 is 1.95 bits per heavy atom. The van der Waals surface area contributed by atoms with Crippen molar-refractivity contribution in [2.24, 2.45) is 0 Å². The Bertz CT molecular complexity index is 691. The van der Waals surface area contributed by atoms with Crippen LogP contribution in [0.5, 0.6) is 0 Å². The van der Waals surface area contributed by atoms with Crippen LogP contribution in [0.2, 0.25) is 0 Å². The van der Waals surface area contributed by atoms with E-state index < -0.39 is 0 Å². The number of carbonyl (C=O) groups is 1. The zero-order chi connectivity index (χ0) is 15.4. The third-order valence-corrected chi connectivity index (χ3v) is 3.25. The van der Waals surface area contributed by atoms with Gasteiger partial charge in [-0.25, -0.2) is 0 Å². The number of carbonyl (C=O) groups excluding carboxylic acids is 1. The topological polar surface area (TPSA) is 74.0 Å². The minimum atomic E-state index is -0.349. The molecule has 5 heteroatoms. The smallest absolute Gasteiger partial charge is 0.252 e. The molecule has 1 heterocycles. The number of pyridine rings is 1. The fraction of sp³-hybridized carbons (Fsp3) is 0.375. The molecule has 0 saturated carbocycles. The van der Waals surface area contributed by atoms with E-state index in [4.69, 9.17) is 0 Å². The number of para-hydroxylation sites is 1. The Hall–Kier alpha value is -2.14. The van der Waals surface area contributed by atoms with Crippen molar-refractivity contribution in [3.8, 4) is 0 Å². The molecule has 0 spiro atoms. The predicted molar refractivity (Wildman–Crippen MR) is 84.1 cm³/mol. The van der Waals surface area contributed by atoms with Crippen molar-refractivity contribution >= 4 is 16.8 Å². The van der Waals surface area contributed by atoms with E-state index in [0.717, 1.165) is 10.9 Å². The number of H-pyrrole nitrogens is 1. The van der Waals surface area contributed by atoms with Gasteiger partial charge in [-0.15, -0.1) is 0 Å². The number of rotatable bonds is 5. The molecule has 0 aliphatic heterocycles. The summed E-state index contributed by atoms with van der Waals surface area (Å²) in [6, 6.07) is 9.24. The van der Waals surface area contributed by atoms with Crippen molar-refractivity contribution in [1.29, 1.82) is 0 Å². The summed E-state index contributed by atoms with van der Waals surface area (Å²) in [7, 11) is 0. The Kier molecular flexibility index (Phi) is 4.75. The van der Waals surface area contributed by atoms with Crippen LogP contribution >= 0.6 is 0 Å². The lowest BCUT2D eigenvalue weighted by atomic mass is 10.1. The standard InChI is InChI=1S/C16H21N3O2/c1-10(2)18-15(20)11(3)17-9-13-8-12-6-4-5-7-14(12)19-16(13)21/h4-8,10-11,17H,9H2,1-3H3,(H,18,20)(H,19,21). The number of aromatic nitrogens is 1. The van der Waals surface area contributed by atoms with Gasteiger partial charge in [-0.05, 0) is 38.3 Å². The van der Waals surface area contributed by atoms with E-state index in [1.54, 1.807) is 6.92 Å². The molecule has 2 aromatic rings. The normalized spacial score (nSPS) is 12.6. The molecule has 1 amide bonds. The maximum absolute atomic E-state index is 12.0. The van der Waals surface area contributed by atoms with E-state index in [1.165, 1.54) is 0 Å². The molecule has 5 nitrogen and oxygen atoms in total. The summed E-state index contributed by atoms with van der Waals surface area (Å²) in [6.07, 6.45) is 0. The van der Waals surface area contributed by atoms with E-state index in [-0.39, 0.29) is 23.6 Å². The molecule has 0 radical (unpaired) electrons. The Balaban J connectivity index is 2.08. The van der Waals surface area contributed by atoms with Crippen molar-refractivity contribution in [3.63, 3.8) is 0 Å². The van der Waals surface area contributed by atoms with Gasteiger partial charge in [0.2, 0.25) is 5.91 Å². The van der Waals surface area contributed by atoms with Crippen molar-refractivity contribution < 1.29 is 4.79 Å². The fourth-order valence-electron chi connectivity index (χ4n) is 2.09. The van der Waals surface area contributed by atoms with Crippen LogP contribution in [0.3, 0.4) is 0 Å². The van der Waals surface area contributed by atoms with Gasteiger partial charge in [-0.2, -0.15) is 0 Å². The van der Waals surface area contributed by atoms with E-state index in [2.05, 4.69) is 15.6 Å². The SMILES string of the molecule is CC(C)NC(=O)C(C)NCc1cc2ccccc2[nH]c1=O. The molecule has 3 N–H and O–H groups in total. The van der Waals surface area contributed by atoms with Gasteiger partial charge in [-0.3, -0.25) is 9.59 Å². The minimum Gasteiger partial charge on any atom is -0.353 e. The lowest BCUT2D eigenvalue weighted by Crippen LogP contribution is -2.44. The van der Waals surface area contributed by atoms with Gasteiger partial charge in [0.15, 0.2) is 0 Å². The van der Waals surface area contributed by atoms with Crippen LogP contribution in [0.25, 0.3) is 10.9 Å². The molecule has 2 rings (SSSR count). The average molecular weight is 287 g/mol. The third kappa shape index (κ3) is 3.92. The third-order valence-electron chi connectivity index (χ3n) is 3.25. The van der Waals surface area contributed by atoms with Crippen LogP contribution in [-0.4, -0.2) is 23.0 Å². The van der Waals surface area contributed by atoms with Crippen LogP contribution < -0.4 is 16.2 Å². The number of hydrogen-bond acceptors (Lipinski definition) is 3. The van der Waals surface area contributed by atoms with E-state index >= 15 is 0 Å². The van der Waals surface area contributed by atoms with E-state index in [0.29, 0.717) is 12.1 Å². The largest absolute Gasteiger partial charge is 0.353 e. The first-order valence-electron chi connectivity index (χ1n) is 7.12. The number of fused-ring (bicyclic) bond motifs is 1. The first kappa shape index (κ1) is 15.3. The van der Waals surface area contributed by atoms with Crippen LogP contribution in [0.4, 0.5) is 0 Å². The number of amides is 1. The second-order valence-electron chi connectivity index (χ2n) is 5.48. The van der Waals surface area contributed by atoms with Crippen LogP contribution in [0, 0.1) is 0 Å². The van der Waals surface area contributed by atoms with Gasteiger partial charge >= 0.3 is 0 Å². The summed E-state index contributed by atoms with van der Waals surface area (Å²) >= 11 is 0. The summed E-state index contributed by atoms with van der Waals surface area (Å²) in [6.45, 7) is 5.97. The second-order valence-corrected chi connectivity index (χ2v) is 5.48. The van der Waals surface area contributed by atoms with Gasteiger partial charge in [-0.1, -0.05) is 18.2 Å². The molecule has 1 aromatic heterocycles. The summed E-state index contributed by atoms with van der Waals surface area (Å²) in [5.41, 5.74) is 1.31. The summed E-state index contributed by atoms with van der Waals surface area (Å²) in [5, 5.41) is 6.89. The molecule has 1 unspecified atom stereocenters. The minimum absolute atomic E-state index is 0.0674. The molecule has 0 fully saturated rings. The van der Waals surface area contributed by atoms with Gasteiger partial charge < -0.3 is 15.6 Å². The van der Waals surface area contributed by atoms with Crippen LogP contribution in [-0.2, 0) is 11.3 Å². The zero-order valence-electron chi connectivity index (χ0n) is 12.6. The highest BCUT2D eigenvalue weighted by Gasteiger charge is 2.13. The molecule has 21 heavy (non-hydrogen) atoms. The summed E-state index contributed by atoms with van der Waals surface area (Å²) in [4.78, 5) is 26.7. The van der Waals surface area contributed by atoms with Crippen LogP contribution in [0.15, 0.2) is 35.1 Å². The molecule has 112 valence electrons. The molecular formula is C16H21N3O2. The molecule has 0 aliphatic rings. The maximum Gasteiger partial charge on any atom is 0.252 e. The molecular weight excluding hydrogens is 266 g/mol. The van der Waals surface area contributed by atoms with E-state index in [9.17, 15) is 9.59 Å². The number of aromatic amines is 1. The van der Waals surface area contributed by atoms with E-state index in [1.807, 2.05) is 44.2 Å². The fourth-order valence-corrected chi connectivity index (χ4v) is 2.09. The number of hydrogen-bond donors (Lipinski definition) is 3. The van der Waals surface area contributed by atoms with Gasteiger partial charge in [0.05, 0.1) is 6.04 Å². The molecule has 0 bridgehead atoms. The van der Waals surface area contributed by atoms with Crippen molar-refractivity contribution in [1.82, 2.24) is 15.6 Å². The summed E-state index contributed by atoms with van der Waals surface area (Å²) in [5.74, 6) is -0.0674. The highest BCUT2D eigenvalue weighted by Crippen LogP contribution is 2.09. The molecule has 1 aromatic carbocycles. The molecule has 0 saturated heterocycles. The second kappa shape index (κ2) is 6.54. The first-order valence-corrected chi connectivity index (χ1v) is 7.12. The molecule has 1 atom stereocenters. The highest BCUT2D eigenvalue weighted by molar-refractivity contribution is 5.81. The number of nitrogens with one attached hydrogen (secondary N) is 3. The van der Waals surface area contributed by atoms with Crippen molar-refractivity contribution in [3.05, 3.63) is 46.2 Å². The highest BCUT2D eigenvalue weighted by atomic mass is 16.2. The lowest BCUT2D eigenvalue weighted by molar-refractivity contribution is -0.123. The zero-order valence-corrected chi connectivity index (χ0v) is 12.6. The first-order chi connectivity index (χ1) is 9.97. The van der Waals surface area contributed by atoms with Gasteiger partial charge in [0, 0.05) is 23.7 Å². The Labute approximate surface area is 123 Å². The predicted octanol–water partition coefficient (Wildman–Crippen LogP) is 1.53. The Morgan fingerprint density at radius 1 is 1.24 bits per heavy atom. The quantitative estimate of drug-likeness (QED) is 0.781. The van der Waals surface area contributed by atoms with Crippen LogP contribution in [0.1, 0.15) is 26.3 Å². The summed E-state index contributed by atoms with van der Waals surface area (Å²) < 4.78 is 0.